The van der Waals surface area contributed by atoms with E-state index in [0.717, 1.165) is 16.4 Å². The van der Waals surface area contributed by atoms with Crippen molar-refractivity contribution >= 4 is 72.8 Å². The van der Waals surface area contributed by atoms with Gasteiger partial charge in [0, 0.05) is 70.7 Å². The second-order valence-electron chi connectivity index (χ2n) is 18.0. The number of nitrogens with zero attached hydrogens (tertiary/aromatic N) is 8. The molecule has 3 aromatic carbocycles. The maximum atomic E-state index is 15.7. The lowest BCUT2D eigenvalue weighted by Gasteiger charge is -2.42. The van der Waals surface area contributed by atoms with E-state index in [1.807, 2.05) is 9.62 Å². The number of aromatic nitrogens is 4. The Morgan fingerprint density at radius 3 is 2.41 bits per heavy atom. The third-order valence-corrected chi connectivity index (χ3v) is 15.3. The summed E-state index contributed by atoms with van der Waals surface area (Å²) in [5, 5.41) is 18.7. The number of fused-ring (bicyclic) bond motifs is 2. The Bertz CT molecular complexity index is 3080. The van der Waals surface area contributed by atoms with Gasteiger partial charge < -0.3 is 19.6 Å². The van der Waals surface area contributed by atoms with Crippen molar-refractivity contribution < 1.29 is 50.6 Å². The monoisotopic (exact) mass is 962 g/mol. The second kappa shape index (κ2) is 17.6. The summed E-state index contributed by atoms with van der Waals surface area (Å²) < 4.78 is 83.7. The molecule has 0 unspecified atom stereocenters. The van der Waals surface area contributed by atoms with Crippen LogP contribution in [0.5, 0.6) is 0 Å². The van der Waals surface area contributed by atoms with E-state index in [1.165, 1.54) is 47.1 Å². The van der Waals surface area contributed by atoms with Gasteiger partial charge in [-0.3, -0.25) is 43.4 Å². The van der Waals surface area contributed by atoms with Crippen molar-refractivity contribution in [2.75, 3.05) is 67.4 Å². The number of halogens is 3. The van der Waals surface area contributed by atoms with Gasteiger partial charge in [-0.2, -0.15) is 17.8 Å². The number of hydrogen-bond donors (Lipinski definition) is 3. The minimum Gasteiger partial charge on any atom is -0.389 e. The van der Waals surface area contributed by atoms with Crippen molar-refractivity contribution in [2.45, 2.75) is 69.1 Å². The van der Waals surface area contributed by atoms with Crippen molar-refractivity contribution in [1.29, 1.82) is 0 Å². The topological polar surface area (TPSA) is 222 Å². The Morgan fingerprint density at radius 2 is 1.71 bits per heavy atom. The molecule has 23 heteroatoms. The van der Waals surface area contributed by atoms with Crippen LogP contribution in [-0.4, -0.2) is 130 Å². The van der Waals surface area contributed by atoms with Crippen LogP contribution in [0, 0.1) is 17.5 Å². The number of ketones is 1. The lowest BCUT2D eigenvalue weighted by atomic mass is 9.85. The molecule has 360 valence electrons. The highest BCUT2D eigenvalue weighted by Gasteiger charge is 2.45. The smallest absolute Gasteiger partial charge is 0.329 e. The molecular formula is C45H49F3N10O9S. The molecular weight excluding hydrogens is 914 g/mol. The van der Waals surface area contributed by atoms with E-state index in [4.69, 9.17) is 4.74 Å². The SMILES string of the molecule is CCN(C)S(=O)(=O)Nc1ccc(F)c(C(=O)c2ccc3ncn([C@H]4COC5(CCN(C(=O)CC6(O)CCN(c7cc8c(cc7F)c(N7CCC(=O)NC7=O)nn8C)CC6)CC5)C4)c(=O)c3c2)c1F. The first-order valence-electron chi connectivity index (χ1n) is 22.2. The van der Waals surface area contributed by atoms with Gasteiger partial charge in [-0.1, -0.05) is 6.92 Å². The van der Waals surface area contributed by atoms with Gasteiger partial charge in [-0.25, -0.2) is 22.9 Å². The predicted molar refractivity (Wildman–Crippen MR) is 242 cm³/mol. The number of imide groups is 1. The molecule has 4 aliphatic heterocycles. The van der Waals surface area contributed by atoms with E-state index < -0.39 is 79.4 Å². The number of benzene rings is 3. The first-order chi connectivity index (χ1) is 32.3. The molecule has 4 fully saturated rings. The number of likely N-dealkylation sites (tertiary alicyclic amines) is 1. The van der Waals surface area contributed by atoms with Crippen molar-refractivity contribution in [3.05, 3.63) is 87.7 Å². The second-order valence-corrected chi connectivity index (χ2v) is 19.7. The molecule has 4 aliphatic rings. The Morgan fingerprint density at radius 1 is 0.971 bits per heavy atom. The van der Waals surface area contributed by atoms with Gasteiger partial charge in [0.15, 0.2) is 17.4 Å². The number of aryl methyl sites for hydroxylation is 1. The first kappa shape index (κ1) is 46.7. The van der Waals surface area contributed by atoms with Gasteiger partial charge in [0.2, 0.25) is 11.8 Å². The van der Waals surface area contributed by atoms with E-state index in [0.29, 0.717) is 48.9 Å². The molecule has 0 saturated carbocycles. The predicted octanol–water partition coefficient (Wildman–Crippen LogP) is 3.73. The Kier molecular flexibility index (Phi) is 12.1. The molecule has 6 heterocycles. The minimum absolute atomic E-state index is 0.0179. The zero-order chi connectivity index (χ0) is 48.4. The minimum atomic E-state index is -4.20. The fourth-order valence-corrected chi connectivity index (χ4v) is 10.5. The van der Waals surface area contributed by atoms with Gasteiger partial charge in [-0.05, 0) is 74.6 Å². The Balaban J connectivity index is 0.817. The highest BCUT2D eigenvalue weighted by Crippen LogP contribution is 2.41. The van der Waals surface area contributed by atoms with E-state index in [1.54, 1.807) is 29.6 Å². The summed E-state index contributed by atoms with van der Waals surface area (Å²) in [7, 11) is -1.26. The summed E-state index contributed by atoms with van der Waals surface area (Å²) in [6, 6.07) is 7.41. The maximum Gasteiger partial charge on any atom is 0.329 e. The van der Waals surface area contributed by atoms with E-state index >= 15 is 13.2 Å². The number of rotatable bonds is 11. The molecule has 5 aromatic rings. The molecule has 4 amide bonds. The standard InChI is InChI=1S/C45H49F3N10O9S/c1-4-53(2)68(65,66)52-33-8-6-30(46)38(39(33)48)40(61)26-5-7-32-28(19-26)42(62)58(25-49-32)27-22-45(67-24-27)12-17-56(18-13-45)37(60)23-44(64)10-15-55(16-11-44)35-21-34-29(20-31(35)47)41(51-54(34)3)57-14-9-36(59)50-43(57)63/h5-8,19-21,25,27,52,64H,4,9-18,22-24H2,1-3H3,(H,50,59,63)/t27-/m1/s1. The van der Waals surface area contributed by atoms with E-state index in [-0.39, 0.29) is 86.7 Å². The number of carbonyl (C=O) groups excluding carboxylic acids is 4. The van der Waals surface area contributed by atoms with E-state index in [2.05, 4.69) is 15.4 Å². The quantitative estimate of drug-likeness (QED) is 0.161. The van der Waals surface area contributed by atoms with Gasteiger partial charge in [0.1, 0.15) is 11.6 Å². The molecule has 68 heavy (non-hydrogen) atoms. The third kappa shape index (κ3) is 8.55. The summed E-state index contributed by atoms with van der Waals surface area (Å²) in [5.41, 5.74) is -3.21. The zero-order valence-electron chi connectivity index (χ0n) is 37.4. The summed E-state index contributed by atoms with van der Waals surface area (Å²) in [4.78, 5) is 74.6. The van der Waals surface area contributed by atoms with Gasteiger partial charge in [0.25, 0.3) is 5.56 Å². The highest BCUT2D eigenvalue weighted by molar-refractivity contribution is 7.90. The summed E-state index contributed by atoms with van der Waals surface area (Å²) in [6.45, 7) is 3.16. The number of amides is 4. The van der Waals surface area contributed by atoms with Crippen LogP contribution in [0.25, 0.3) is 21.8 Å². The van der Waals surface area contributed by atoms with Crippen LogP contribution in [0.1, 0.15) is 73.8 Å². The molecule has 2 aromatic heterocycles. The molecule has 4 saturated heterocycles. The summed E-state index contributed by atoms with van der Waals surface area (Å²) in [6.07, 6.45) is 3.14. The lowest BCUT2D eigenvalue weighted by Crippen LogP contribution is -2.51. The number of aliphatic hydroxyl groups is 1. The van der Waals surface area contributed by atoms with Crippen molar-refractivity contribution in [1.82, 2.24) is 33.9 Å². The first-order valence-corrected chi connectivity index (χ1v) is 23.7. The number of anilines is 3. The van der Waals surface area contributed by atoms with Crippen LogP contribution in [0.4, 0.5) is 35.2 Å². The Labute approximate surface area is 387 Å². The molecule has 1 spiro atoms. The van der Waals surface area contributed by atoms with E-state index in [9.17, 15) is 37.5 Å². The zero-order valence-corrected chi connectivity index (χ0v) is 38.2. The number of carbonyl (C=O) groups is 4. The molecule has 19 nitrogen and oxygen atoms in total. The van der Waals surface area contributed by atoms with Crippen LogP contribution in [-0.2, 0) is 31.6 Å². The molecule has 0 bridgehead atoms. The largest absolute Gasteiger partial charge is 0.389 e. The number of urea groups is 1. The fraction of sp³-hybridized carbons (Fsp3) is 0.444. The van der Waals surface area contributed by atoms with Crippen LogP contribution in [0.15, 0.2) is 53.6 Å². The molecule has 9 rings (SSSR count). The number of ether oxygens (including phenoxy) is 1. The molecule has 0 radical (unpaired) electrons. The van der Waals surface area contributed by atoms with Crippen LogP contribution in [0.3, 0.4) is 0 Å². The summed E-state index contributed by atoms with van der Waals surface area (Å²) >= 11 is 0. The van der Waals surface area contributed by atoms with Gasteiger partial charge in [0.05, 0.1) is 70.0 Å². The van der Waals surface area contributed by atoms with Crippen LogP contribution < -0.4 is 25.4 Å². The van der Waals surface area contributed by atoms with Gasteiger partial charge in [-0.15, -0.1) is 0 Å². The van der Waals surface area contributed by atoms with Crippen LogP contribution in [0.2, 0.25) is 0 Å². The molecule has 0 aliphatic carbocycles. The highest BCUT2D eigenvalue weighted by atomic mass is 32.2. The lowest BCUT2D eigenvalue weighted by molar-refractivity contribution is -0.142. The number of nitrogens with one attached hydrogen (secondary N) is 2. The van der Waals surface area contributed by atoms with Crippen molar-refractivity contribution in [3.63, 3.8) is 0 Å². The number of hydrogen-bond acceptors (Lipinski definition) is 12. The fourth-order valence-electron chi connectivity index (χ4n) is 9.61. The molecule has 1 atom stereocenters. The van der Waals surface area contributed by atoms with Crippen molar-refractivity contribution in [2.24, 2.45) is 7.05 Å². The Hall–Kier alpha value is -6.43. The van der Waals surface area contributed by atoms with Gasteiger partial charge >= 0.3 is 16.2 Å². The summed E-state index contributed by atoms with van der Waals surface area (Å²) in [5.74, 6) is -4.66. The normalized spacial score (nSPS) is 19.6. The maximum absolute atomic E-state index is 15.7. The average molecular weight is 963 g/mol. The molecule has 3 N–H and O–H groups in total. The number of piperidine rings is 2. The average Bonchev–Trinajstić information content (AvgIpc) is 3.86. The third-order valence-electron chi connectivity index (χ3n) is 13.8. The van der Waals surface area contributed by atoms with Crippen LogP contribution >= 0.6 is 0 Å². The van der Waals surface area contributed by atoms with Crippen molar-refractivity contribution in [3.8, 4) is 0 Å².